The number of carbonyl (C=O) groups excluding carboxylic acids is 2. The van der Waals surface area contributed by atoms with E-state index in [0.717, 1.165) is 0 Å². The van der Waals surface area contributed by atoms with Gasteiger partial charge in [0.05, 0.1) is 5.92 Å². The number of aliphatic carboxylic acids is 1. The standard InChI is InChI=1S/C12H21N3O4/c1-7-5-15(6-8(7)10(17)18)11(19)14-12(2,3)4-9(13)16/h7-8H,4-6H2,1-3H3,(H2,13,16)(H,14,19)(H,17,18). The highest BCUT2D eigenvalue weighted by atomic mass is 16.4. The van der Waals surface area contributed by atoms with Crippen LogP contribution >= 0.6 is 0 Å². The summed E-state index contributed by atoms with van der Waals surface area (Å²) in [6, 6.07) is -0.359. The molecule has 2 atom stereocenters. The number of rotatable bonds is 4. The van der Waals surface area contributed by atoms with Crippen molar-refractivity contribution < 1.29 is 19.5 Å². The molecular formula is C12H21N3O4. The maximum absolute atomic E-state index is 12.0. The van der Waals surface area contributed by atoms with Gasteiger partial charge in [0, 0.05) is 25.0 Å². The summed E-state index contributed by atoms with van der Waals surface area (Å²) in [7, 11) is 0. The molecule has 0 radical (unpaired) electrons. The number of urea groups is 1. The summed E-state index contributed by atoms with van der Waals surface area (Å²) >= 11 is 0. The molecule has 0 aromatic heterocycles. The summed E-state index contributed by atoms with van der Waals surface area (Å²) < 4.78 is 0. The summed E-state index contributed by atoms with van der Waals surface area (Å²) in [5, 5.41) is 11.7. The van der Waals surface area contributed by atoms with Crippen molar-refractivity contribution in [3.63, 3.8) is 0 Å². The molecular weight excluding hydrogens is 250 g/mol. The molecule has 0 saturated carbocycles. The van der Waals surface area contributed by atoms with E-state index in [1.165, 1.54) is 4.90 Å². The first kappa shape index (κ1) is 15.3. The molecule has 0 spiro atoms. The zero-order chi connectivity index (χ0) is 14.8. The Bertz CT molecular complexity index is 394. The van der Waals surface area contributed by atoms with Gasteiger partial charge < -0.3 is 21.1 Å². The monoisotopic (exact) mass is 271 g/mol. The topological polar surface area (TPSA) is 113 Å². The molecule has 0 aromatic carbocycles. The number of primary amides is 1. The van der Waals surface area contributed by atoms with E-state index in [-0.39, 0.29) is 24.9 Å². The van der Waals surface area contributed by atoms with Crippen LogP contribution in [-0.4, -0.2) is 46.5 Å². The third kappa shape index (κ3) is 4.11. The molecule has 1 fully saturated rings. The maximum atomic E-state index is 12.0. The van der Waals surface area contributed by atoms with E-state index in [2.05, 4.69) is 5.32 Å². The molecule has 0 bridgehead atoms. The third-order valence-corrected chi connectivity index (χ3v) is 3.28. The van der Waals surface area contributed by atoms with E-state index in [9.17, 15) is 14.4 Å². The lowest BCUT2D eigenvalue weighted by atomic mass is 9.99. The normalized spacial score (nSPS) is 23.2. The second-order valence-corrected chi connectivity index (χ2v) is 5.78. The molecule has 1 aliphatic heterocycles. The number of amides is 3. The second kappa shape index (κ2) is 5.46. The predicted octanol–water partition coefficient (Wildman–Crippen LogP) is 0.00250. The second-order valence-electron chi connectivity index (χ2n) is 5.78. The summed E-state index contributed by atoms with van der Waals surface area (Å²) in [6.45, 7) is 5.79. The summed E-state index contributed by atoms with van der Waals surface area (Å²) in [4.78, 5) is 35.4. The minimum absolute atomic E-state index is 0.0322. The Morgan fingerprint density at radius 3 is 2.37 bits per heavy atom. The van der Waals surface area contributed by atoms with E-state index < -0.39 is 23.3 Å². The van der Waals surface area contributed by atoms with Crippen LogP contribution in [0.4, 0.5) is 4.79 Å². The molecule has 19 heavy (non-hydrogen) atoms. The lowest BCUT2D eigenvalue weighted by Crippen LogP contribution is -2.51. The SMILES string of the molecule is CC1CN(C(=O)NC(C)(C)CC(N)=O)CC1C(=O)O. The number of nitrogens with zero attached hydrogens (tertiary/aromatic N) is 1. The van der Waals surface area contributed by atoms with Gasteiger partial charge in [0.25, 0.3) is 0 Å². The highest BCUT2D eigenvalue weighted by molar-refractivity contribution is 5.80. The van der Waals surface area contributed by atoms with Gasteiger partial charge in [-0.25, -0.2) is 4.79 Å². The molecule has 1 aliphatic rings. The van der Waals surface area contributed by atoms with Crippen molar-refractivity contribution in [1.82, 2.24) is 10.2 Å². The van der Waals surface area contributed by atoms with E-state index in [1.807, 2.05) is 0 Å². The fourth-order valence-corrected chi connectivity index (χ4v) is 2.30. The molecule has 2 unspecified atom stereocenters. The van der Waals surface area contributed by atoms with Crippen LogP contribution in [0.5, 0.6) is 0 Å². The molecule has 108 valence electrons. The lowest BCUT2D eigenvalue weighted by Gasteiger charge is -2.28. The van der Waals surface area contributed by atoms with Gasteiger partial charge in [-0.2, -0.15) is 0 Å². The minimum atomic E-state index is -0.890. The zero-order valence-corrected chi connectivity index (χ0v) is 11.5. The molecule has 7 nitrogen and oxygen atoms in total. The van der Waals surface area contributed by atoms with Crippen LogP contribution in [0, 0.1) is 11.8 Å². The van der Waals surface area contributed by atoms with Crippen LogP contribution in [0.3, 0.4) is 0 Å². The smallest absolute Gasteiger partial charge is 0.317 e. The maximum Gasteiger partial charge on any atom is 0.317 e. The van der Waals surface area contributed by atoms with Crippen molar-refractivity contribution in [2.75, 3.05) is 13.1 Å². The van der Waals surface area contributed by atoms with Crippen LogP contribution < -0.4 is 11.1 Å². The average Bonchev–Trinajstić information content (AvgIpc) is 2.57. The van der Waals surface area contributed by atoms with Crippen molar-refractivity contribution in [2.45, 2.75) is 32.7 Å². The van der Waals surface area contributed by atoms with Crippen LogP contribution in [-0.2, 0) is 9.59 Å². The molecule has 1 saturated heterocycles. The van der Waals surface area contributed by atoms with E-state index in [1.54, 1.807) is 20.8 Å². The number of hydrogen-bond donors (Lipinski definition) is 3. The van der Waals surface area contributed by atoms with E-state index in [4.69, 9.17) is 10.8 Å². The molecule has 0 aromatic rings. The van der Waals surface area contributed by atoms with Crippen molar-refractivity contribution in [3.05, 3.63) is 0 Å². The Kier molecular flexibility index (Phi) is 4.39. The number of carboxylic acids is 1. The molecule has 0 aliphatic carbocycles. The van der Waals surface area contributed by atoms with Gasteiger partial charge in [0.1, 0.15) is 0 Å². The summed E-state index contributed by atoms with van der Waals surface area (Å²) in [5.41, 5.74) is 4.37. The van der Waals surface area contributed by atoms with Gasteiger partial charge in [-0.05, 0) is 19.8 Å². The van der Waals surface area contributed by atoms with Crippen molar-refractivity contribution in [3.8, 4) is 0 Å². The Labute approximate surface area is 112 Å². The lowest BCUT2D eigenvalue weighted by molar-refractivity contribution is -0.142. The third-order valence-electron chi connectivity index (χ3n) is 3.28. The largest absolute Gasteiger partial charge is 0.481 e. The van der Waals surface area contributed by atoms with Crippen LogP contribution in [0.15, 0.2) is 0 Å². The molecule has 7 heteroatoms. The van der Waals surface area contributed by atoms with Gasteiger partial charge in [-0.3, -0.25) is 9.59 Å². The Balaban J connectivity index is 2.61. The molecule has 1 heterocycles. The van der Waals surface area contributed by atoms with Crippen molar-refractivity contribution in [2.24, 2.45) is 17.6 Å². The summed E-state index contributed by atoms with van der Waals surface area (Å²) in [5.74, 6) is -2.00. The Morgan fingerprint density at radius 2 is 1.95 bits per heavy atom. The van der Waals surface area contributed by atoms with E-state index in [0.29, 0.717) is 6.54 Å². The first-order chi connectivity index (χ1) is 8.62. The van der Waals surface area contributed by atoms with Gasteiger partial charge in [-0.1, -0.05) is 6.92 Å². The predicted molar refractivity (Wildman–Crippen MR) is 68.3 cm³/mol. The number of carbonyl (C=O) groups is 3. The number of hydrogen-bond acceptors (Lipinski definition) is 3. The quantitative estimate of drug-likeness (QED) is 0.668. The van der Waals surface area contributed by atoms with Crippen molar-refractivity contribution in [1.29, 1.82) is 0 Å². The molecule has 3 amide bonds. The summed E-state index contributed by atoms with van der Waals surface area (Å²) in [6.07, 6.45) is 0.0322. The number of nitrogens with one attached hydrogen (secondary N) is 1. The van der Waals surface area contributed by atoms with Crippen LogP contribution in [0.1, 0.15) is 27.2 Å². The number of nitrogens with two attached hydrogens (primary N) is 1. The number of carboxylic acid groups (broad SMARTS) is 1. The fourth-order valence-electron chi connectivity index (χ4n) is 2.30. The Hall–Kier alpha value is -1.79. The average molecular weight is 271 g/mol. The zero-order valence-electron chi connectivity index (χ0n) is 11.5. The Morgan fingerprint density at radius 1 is 1.37 bits per heavy atom. The minimum Gasteiger partial charge on any atom is -0.481 e. The van der Waals surface area contributed by atoms with Crippen LogP contribution in [0.2, 0.25) is 0 Å². The van der Waals surface area contributed by atoms with Gasteiger partial charge in [0.2, 0.25) is 5.91 Å². The highest BCUT2D eigenvalue weighted by Gasteiger charge is 2.38. The van der Waals surface area contributed by atoms with Gasteiger partial charge in [-0.15, -0.1) is 0 Å². The van der Waals surface area contributed by atoms with Crippen molar-refractivity contribution >= 4 is 17.9 Å². The first-order valence-corrected chi connectivity index (χ1v) is 6.20. The fraction of sp³-hybridized carbons (Fsp3) is 0.750. The molecule has 1 rings (SSSR count). The first-order valence-electron chi connectivity index (χ1n) is 6.20. The van der Waals surface area contributed by atoms with Crippen LogP contribution in [0.25, 0.3) is 0 Å². The highest BCUT2D eigenvalue weighted by Crippen LogP contribution is 2.23. The number of likely N-dealkylation sites (tertiary alicyclic amines) is 1. The molecule has 4 N–H and O–H groups in total. The van der Waals surface area contributed by atoms with Gasteiger partial charge >= 0.3 is 12.0 Å². The van der Waals surface area contributed by atoms with Gasteiger partial charge in [0.15, 0.2) is 0 Å². The van der Waals surface area contributed by atoms with E-state index >= 15 is 0 Å².